The zero-order valence-corrected chi connectivity index (χ0v) is 11.9. The van der Waals surface area contributed by atoms with Gasteiger partial charge in [-0.05, 0) is 26.8 Å². The Morgan fingerprint density at radius 3 is 2.75 bits per heavy atom. The van der Waals surface area contributed by atoms with Gasteiger partial charge in [0, 0.05) is 6.04 Å². The second kappa shape index (κ2) is 7.32. The van der Waals surface area contributed by atoms with Crippen LogP contribution < -0.4 is 16.4 Å². The fourth-order valence-electron chi connectivity index (χ4n) is 1.52. The Morgan fingerprint density at radius 2 is 2.15 bits per heavy atom. The zero-order valence-electron chi connectivity index (χ0n) is 11.9. The second-order valence-electron chi connectivity index (χ2n) is 4.46. The Kier molecular flexibility index (Phi) is 5.76. The van der Waals surface area contributed by atoms with Crippen LogP contribution in [-0.4, -0.2) is 36.1 Å². The maximum atomic E-state index is 11.8. The molecule has 7 heteroatoms. The van der Waals surface area contributed by atoms with Crippen LogP contribution in [0.15, 0.2) is 12.3 Å². The third-order valence-electron chi connectivity index (χ3n) is 2.27. The number of hydrogen-bond acceptors (Lipinski definition) is 6. The highest BCUT2D eigenvalue weighted by molar-refractivity contribution is 5.96. The van der Waals surface area contributed by atoms with Gasteiger partial charge in [-0.2, -0.15) is 0 Å². The number of carbonyl (C=O) groups is 2. The van der Waals surface area contributed by atoms with Gasteiger partial charge in [0.15, 0.2) is 0 Å². The molecule has 0 aromatic carbocycles. The standard InChI is InChI=1S/C13H20N4O3/c1-4-20-13(19)10-5-9(14)6-15-12(10)16-7-11(18)17-8(2)3/h5-6,8H,4,7,14H2,1-3H3,(H,15,16)(H,17,18). The Morgan fingerprint density at radius 1 is 1.45 bits per heavy atom. The van der Waals surface area contributed by atoms with Crippen molar-refractivity contribution in [2.45, 2.75) is 26.8 Å². The van der Waals surface area contributed by atoms with Crippen LogP contribution in [0, 0.1) is 0 Å². The van der Waals surface area contributed by atoms with Crippen molar-refractivity contribution in [1.82, 2.24) is 10.3 Å². The minimum absolute atomic E-state index is 0.0154. The van der Waals surface area contributed by atoms with Gasteiger partial charge in [-0.25, -0.2) is 9.78 Å². The first-order chi connectivity index (χ1) is 9.43. The first-order valence-electron chi connectivity index (χ1n) is 6.40. The van der Waals surface area contributed by atoms with Gasteiger partial charge in [0.1, 0.15) is 11.4 Å². The summed E-state index contributed by atoms with van der Waals surface area (Å²) in [5.74, 6) is -0.441. The largest absolute Gasteiger partial charge is 0.462 e. The summed E-state index contributed by atoms with van der Waals surface area (Å²) in [4.78, 5) is 27.4. The molecule has 0 saturated carbocycles. The number of nitrogens with two attached hydrogens (primary N) is 1. The van der Waals surface area contributed by atoms with E-state index in [1.807, 2.05) is 13.8 Å². The zero-order chi connectivity index (χ0) is 15.1. The third-order valence-corrected chi connectivity index (χ3v) is 2.27. The number of hydrogen-bond donors (Lipinski definition) is 3. The van der Waals surface area contributed by atoms with Crippen LogP contribution in [0.1, 0.15) is 31.1 Å². The number of carbonyl (C=O) groups excluding carboxylic acids is 2. The molecule has 110 valence electrons. The van der Waals surface area contributed by atoms with Gasteiger partial charge in [0.25, 0.3) is 0 Å². The van der Waals surface area contributed by atoms with Gasteiger partial charge in [-0.15, -0.1) is 0 Å². The summed E-state index contributed by atoms with van der Waals surface area (Å²) < 4.78 is 4.92. The number of ether oxygens (including phenoxy) is 1. The predicted octanol–water partition coefficient (Wildman–Crippen LogP) is 0.777. The summed E-state index contributed by atoms with van der Waals surface area (Å²) >= 11 is 0. The molecular formula is C13H20N4O3. The lowest BCUT2D eigenvalue weighted by atomic mass is 10.2. The number of nitrogens with zero attached hydrogens (tertiary/aromatic N) is 1. The molecule has 20 heavy (non-hydrogen) atoms. The van der Waals surface area contributed by atoms with Gasteiger partial charge >= 0.3 is 5.97 Å². The van der Waals surface area contributed by atoms with Gasteiger partial charge < -0.3 is 21.1 Å². The van der Waals surface area contributed by atoms with Gasteiger partial charge in [0.2, 0.25) is 5.91 Å². The van der Waals surface area contributed by atoms with Crippen molar-refractivity contribution in [3.05, 3.63) is 17.8 Å². The van der Waals surface area contributed by atoms with E-state index in [0.29, 0.717) is 5.69 Å². The molecule has 1 amide bonds. The van der Waals surface area contributed by atoms with Crippen LogP contribution in [0.4, 0.5) is 11.5 Å². The molecule has 4 N–H and O–H groups in total. The van der Waals surface area contributed by atoms with Crippen molar-refractivity contribution in [3.8, 4) is 0 Å². The van der Waals surface area contributed by atoms with Crippen LogP contribution in [0.3, 0.4) is 0 Å². The number of nitrogens with one attached hydrogen (secondary N) is 2. The molecule has 1 rings (SSSR count). The van der Waals surface area contributed by atoms with E-state index in [-0.39, 0.29) is 36.5 Å². The first-order valence-corrected chi connectivity index (χ1v) is 6.40. The summed E-state index contributed by atoms with van der Waals surface area (Å²) in [7, 11) is 0. The molecule has 7 nitrogen and oxygen atoms in total. The molecule has 1 aromatic rings. The Balaban J connectivity index is 2.79. The number of esters is 1. The topological polar surface area (TPSA) is 106 Å². The van der Waals surface area contributed by atoms with Crippen molar-refractivity contribution in [1.29, 1.82) is 0 Å². The quantitative estimate of drug-likeness (QED) is 0.665. The number of aromatic nitrogens is 1. The Labute approximate surface area is 117 Å². The summed E-state index contributed by atoms with van der Waals surface area (Å²) in [5.41, 5.74) is 6.17. The van der Waals surface area contributed by atoms with Crippen LogP contribution in [0.2, 0.25) is 0 Å². The van der Waals surface area contributed by atoms with E-state index in [9.17, 15) is 9.59 Å². The van der Waals surface area contributed by atoms with Crippen LogP contribution in [-0.2, 0) is 9.53 Å². The van der Waals surface area contributed by atoms with Crippen molar-refractivity contribution in [2.24, 2.45) is 0 Å². The van der Waals surface area contributed by atoms with Crippen molar-refractivity contribution in [3.63, 3.8) is 0 Å². The second-order valence-corrected chi connectivity index (χ2v) is 4.46. The fourth-order valence-corrected chi connectivity index (χ4v) is 1.52. The minimum Gasteiger partial charge on any atom is -0.462 e. The van der Waals surface area contributed by atoms with Gasteiger partial charge in [-0.3, -0.25) is 4.79 Å². The Bertz CT molecular complexity index is 489. The van der Waals surface area contributed by atoms with Crippen molar-refractivity contribution < 1.29 is 14.3 Å². The number of amides is 1. The number of anilines is 2. The number of pyridine rings is 1. The highest BCUT2D eigenvalue weighted by Gasteiger charge is 2.15. The van der Waals surface area contributed by atoms with Crippen LogP contribution >= 0.6 is 0 Å². The number of rotatable bonds is 6. The molecule has 0 atom stereocenters. The summed E-state index contributed by atoms with van der Waals surface area (Å²) in [6.07, 6.45) is 1.41. The van der Waals surface area contributed by atoms with E-state index in [2.05, 4.69) is 15.6 Å². The van der Waals surface area contributed by atoms with Crippen molar-refractivity contribution >= 4 is 23.4 Å². The van der Waals surface area contributed by atoms with E-state index < -0.39 is 5.97 Å². The highest BCUT2D eigenvalue weighted by Crippen LogP contribution is 2.16. The SMILES string of the molecule is CCOC(=O)c1cc(N)cnc1NCC(=O)NC(C)C. The van der Waals surface area contributed by atoms with E-state index >= 15 is 0 Å². The predicted molar refractivity (Wildman–Crippen MR) is 76.4 cm³/mol. The fraction of sp³-hybridized carbons (Fsp3) is 0.462. The van der Waals surface area contributed by atoms with E-state index in [0.717, 1.165) is 0 Å². The normalized spacial score (nSPS) is 10.2. The van der Waals surface area contributed by atoms with Gasteiger partial charge in [0.05, 0.1) is 25.0 Å². The molecule has 0 radical (unpaired) electrons. The smallest absolute Gasteiger partial charge is 0.341 e. The Hall–Kier alpha value is -2.31. The lowest BCUT2D eigenvalue weighted by Crippen LogP contribution is -2.35. The lowest BCUT2D eigenvalue weighted by Gasteiger charge is -2.12. The average molecular weight is 280 g/mol. The van der Waals surface area contributed by atoms with Gasteiger partial charge in [-0.1, -0.05) is 0 Å². The molecule has 0 aliphatic carbocycles. The summed E-state index contributed by atoms with van der Waals surface area (Å²) in [5, 5.41) is 5.53. The number of nitrogen functional groups attached to an aromatic ring is 1. The molecule has 1 aromatic heterocycles. The summed E-state index contributed by atoms with van der Waals surface area (Å²) in [6, 6.07) is 1.52. The summed E-state index contributed by atoms with van der Waals surface area (Å²) in [6.45, 7) is 5.70. The molecule has 0 fully saturated rings. The lowest BCUT2D eigenvalue weighted by molar-refractivity contribution is -0.119. The third kappa shape index (κ3) is 4.75. The minimum atomic E-state index is -0.529. The maximum absolute atomic E-state index is 11.8. The van der Waals surface area contributed by atoms with Crippen LogP contribution in [0.25, 0.3) is 0 Å². The maximum Gasteiger partial charge on any atom is 0.341 e. The molecular weight excluding hydrogens is 260 g/mol. The monoisotopic (exact) mass is 280 g/mol. The van der Waals surface area contributed by atoms with Crippen LogP contribution in [0.5, 0.6) is 0 Å². The molecule has 1 heterocycles. The van der Waals surface area contributed by atoms with Crippen molar-refractivity contribution in [2.75, 3.05) is 24.2 Å². The highest BCUT2D eigenvalue weighted by atomic mass is 16.5. The molecule has 0 bridgehead atoms. The van der Waals surface area contributed by atoms with E-state index in [4.69, 9.17) is 10.5 Å². The molecule has 0 spiro atoms. The molecule has 0 saturated heterocycles. The molecule has 0 aliphatic heterocycles. The molecule has 0 unspecified atom stereocenters. The van der Waals surface area contributed by atoms with E-state index in [1.54, 1.807) is 6.92 Å². The van der Waals surface area contributed by atoms with E-state index in [1.165, 1.54) is 12.3 Å². The first kappa shape index (κ1) is 15.7. The average Bonchev–Trinajstić information content (AvgIpc) is 2.36. The molecule has 0 aliphatic rings.